The third kappa shape index (κ3) is 1.71. The van der Waals surface area contributed by atoms with E-state index in [1.54, 1.807) is 6.20 Å². The lowest BCUT2D eigenvalue weighted by Gasteiger charge is -2.11. The molecule has 0 saturated carbocycles. The zero-order valence-electron chi connectivity index (χ0n) is 10.1. The highest BCUT2D eigenvalue weighted by molar-refractivity contribution is 5.95. The van der Waals surface area contributed by atoms with E-state index >= 15 is 0 Å². The summed E-state index contributed by atoms with van der Waals surface area (Å²) in [4.78, 5) is 8.42. The minimum atomic E-state index is 0.286. The van der Waals surface area contributed by atoms with Gasteiger partial charge in [0.1, 0.15) is 5.82 Å². The standard InChI is InChI=1S/C13H16N4/c1-4-10-11-5-6-15-7-12(11)17(9(2)3)13(10)16-8-14/h4-9H,1H2,2-3H3,(H2,14,16). The van der Waals surface area contributed by atoms with Crippen LogP contribution in [0.5, 0.6) is 0 Å². The lowest BCUT2D eigenvalue weighted by Crippen LogP contribution is -2.01. The van der Waals surface area contributed by atoms with E-state index in [4.69, 9.17) is 5.73 Å². The van der Waals surface area contributed by atoms with Gasteiger partial charge in [0.05, 0.1) is 18.1 Å². The van der Waals surface area contributed by atoms with Crippen molar-refractivity contribution < 1.29 is 0 Å². The number of aromatic nitrogens is 2. The summed E-state index contributed by atoms with van der Waals surface area (Å²) in [6.07, 6.45) is 6.74. The predicted molar refractivity (Wildman–Crippen MR) is 72.5 cm³/mol. The number of fused-ring (bicyclic) bond motifs is 1. The zero-order chi connectivity index (χ0) is 12.4. The smallest absolute Gasteiger partial charge is 0.142 e. The third-order valence-electron chi connectivity index (χ3n) is 2.74. The van der Waals surface area contributed by atoms with E-state index in [2.05, 4.69) is 35.0 Å². The maximum absolute atomic E-state index is 5.42. The van der Waals surface area contributed by atoms with Gasteiger partial charge in [-0.2, -0.15) is 0 Å². The van der Waals surface area contributed by atoms with Crippen molar-refractivity contribution >= 4 is 29.1 Å². The van der Waals surface area contributed by atoms with Crippen molar-refractivity contribution in [2.75, 3.05) is 0 Å². The largest absolute Gasteiger partial charge is 0.390 e. The minimum absolute atomic E-state index is 0.286. The van der Waals surface area contributed by atoms with Gasteiger partial charge in [-0.15, -0.1) is 0 Å². The van der Waals surface area contributed by atoms with Gasteiger partial charge in [0.2, 0.25) is 0 Å². The number of hydrogen-bond donors (Lipinski definition) is 1. The predicted octanol–water partition coefficient (Wildman–Crippen LogP) is 2.88. The molecule has 0 unspecified atom stereocenters. The topological polar surface area (TPSA) is 56.2 Å². The Morgan fingerprint density at radius 3 is 2.88 bits per heavy atom. The Morgan fingerprint density at radius 1 is 1.53 bits per heavy atom. The second-order valence-corrected chi connectivity index (χ2v) is 4.08. The van der Waals surface area contributed by atoms with Crippen molar-refractivity contribution in [1.82, 2.24) is 9.55 Å². The summed E-state index contributed by atoms with van der Waals surface area (Å²) in [7, 11) is 0. The molecule has 0 aromatic carbocycles. The van der Waals surface area contributed by atoms with Crippen molar-refractivity contribution in [3.8, 4) is 0 Å². The molecule has 4 nitrogen and oxygen atoms in total. The molecule has 88 valence electrons. The summed E-state index contributed by atoms with van der Waals surface area (Å²) in [6, 6.07) is 2.26. The molecule has 0 spiro atoms. The van der Waals surface area contributed by atoms with Gasteiger partial charge >= 0.3 is 0 Å². The molecule has 0 amide bonds. The molecule has 0 fully saturated rings. The normalized spacial score (nSPS) is 11.7. The molecular formula is C13H16N4. The highest BCUT2D eigenvalue weighted by Crippen LogP contribution is 2.35. The van der Waals surface area contributed by atoms with Crippen LogP contribution in [0.4, 0.5) is 5.82 Å². The fourth-order valence-electron chi connectivity index (χ4n) is 2.10. The van der Waals surface area contributed by atoms with Crippen LogP contribution in [0.1, 0.15) is 25.5 Å². The first-order valence-electron chi connectivity index (χ1n) is 5.55. The first-order valence-corrected chi connectivity index (χ1v) is 5.55. The molecule has 17 heavy (non-hydrogen) atoms. The molecule has 2 rings (SSSR count). The van der Waals surface area contributed by atoms with Gasteiger partial charge in [-0.3, -0.25) is 4.98 Å². The first kappa shape index (κ1) is 11.4. The molecule has 2 aromatic rings. The summed E-state index contributed by atoms with van der Waals surface area (Å²) in [6.45, 7) is 8.06. The average Bonchev–Trinajstić information content (AvgIpc) is 2.62. The van der Waals surface area contributed by atoms with E-state index in [9.17, 15) is 0 Å². The van der Waals surface area contributed by atoms with Crippen LogP contribution in [0, 0.1) is 0 Å². The molecule has 0 aliphatic heterocycles. The Kier molecular flexibility index (Phi) is 2.95. The van der Waals surface area contributed by atoms with Crippen molar-refractivity contribution in [1.29, 1.82) is 0 Å². The number of hydrogen-bond acceptors (Lipinski definition) is 2. The maximum Gasteiger partial charge on any atom is 0.142 e. The number of aliphatic imine (C=N–C) groups is 1. The first-order chi connectivity index (χ1) is 8.20. The molecule has 0 saturated heterocycles. The van der Waals surface area contributed by atoms with Gasteiger partial charge in [0.15, 0.2) is 0 Å². The van der Waals surface area contributed by atoms with Gasteiger partial charge in [-0.1, -0.05) is 12.7 Å². The maximum atomic E-state index is 5.42. The van der Waals surface area contributed by atoms with Crippen LogP contribution in [-0.2, 0) is 0 Å². The van der Waals surface area contributed by atoms with Crippen LogP contribution < -0.4 is 5.73 Å². The van der Waals surface area contributed by atoms with Crippen molar-refractivity contribution in [3.05, 3.63) is 30.6 Å². The summed E-state index contributed by atoms with van der Waals surface area (Å²) < 4.78 is 2.11. The van der Waals surface area contributed by atoms with Crippen LogP contribution in [0.2, 0.25) is 0 Å². The van der Waals surface area contributed by atoms with Gasteiger partial charge in [0, 0.05) is 23.2 Å². The quantitative estimate of drug-likeness (QED) is 0.648. The second kappa shape index (κ2) is 4.41. The Labute approximate surface area is 100 Å². The van der Waals surface area contributed by atoms with Gasteiger partial charge < -0.3 is 10.3 Å². The molecule has 2 aromatic heterocycles. The van der Waals surface area contributed by atoms with Crippen LogP contribution in [-0.4, -0.2) is 15.9 Å². The van der Waals surface area contributed by atoms with Gasteiger partial charge in [-0.05, 0) is 19.9 Å². The molecule has 4 heteroatoms. The Bertz CT molecular complexity index is 578. The van der Waals surface area contributed by atoms with Crippen molar-refractivity contribution in [2.45, 2.75) is 19.9 Å². The van der Waals surface area contributed by atoms with E-state index in [1.165, 1.54) is 6.34 Å². The molecule has 0 bridgehead atoms. The van der Waals surface area contributed by atoms with E-state index in [0.717, 1.165) is 22.3 Å². The van der Waals surface area contributed by atoms with Crippen LogP contribution >= 0.6 is 0 Å². The number of rotatable bonds is 3. The molecule has 2 heterocycles. The number of nitrogens with zero attached hydrogens (tertiary/aromatic N) is 3. The number of pyridine rings is 1. The minimum Gasteiger partial charge on any atom is -0.390 e. The third-order valence-corrected chi connectivity index (χ3v) is 2.74. The Morgan fingerprint density at radius 2 is 2.29 bits per heavy atom. The highest BCUT2D eigenvalue weighted by Gasteiger charge is 2.16. The van der Waals surface area contributed by atoms with E-state index < -0.39 is 0 Å². The summed E-state index contributed by atoms with van der Waals surface area (Å²) >= 11 is 0. The summed E-state index contributed by atoms with van der Waals surface area (Å²) in [5.41, 5.74) is 7.47. The molecular weight excluding hydrogens is 212 g/mol. The van der Waals surface area contributed by atoms with E-state index in [-0.39, 0.29) is 6.04 Å². The Balaban J connectivity index is 2.92. The number of nitrogens with two attached hydrogens (primary N) is 1. The summed E-state index contributed by atoms with van der Waals surface area (Å²) in [5.74, 6) is 0.834. The van der Waals surface area contributed by atoms with E-state index in [1.807, 2.05) is 18.3 Å². The van der Waals surface area contributed by atoms with Crippen LogP contribution in [0.15, 0.2) is 30.0 Å². The molecule has 2 N–H and O–H groups in total. The lowest BCUT2D eigenvalue weighted by atomic mass is 10.2. The summed E-state index contributed by atoms with van der Waals surface area (Å²) in [5, 5.41) is 1.10. The SMILES string of the molecule is C=Cc1c(/N=C\N)n(C(C)C)c2cnccc12. The molecule has 0 radical (unpaired) electrons. The fourth-order valence-corrected chi connectivity index (χ4v) is 2.10. The van der Waals surface area contributed by atoms with Crippen molar-refractivity contribution in [2.24, 2.45) is 10.7 Å². The fraction of sp³-hybridized carbons (Fsp3) is 0.231. The Hall–Kier alpha value is -2.10. The second-order valence-electron chi connectivity index (χ2n) is 4.08. The van der Waals surface area contributed by atoms with Gasteiger partial charge in [0.25, 0.3) is 0 Å². The highest BCUT2D eigenvalue weighted by atomic mass is 15.1. The molecule has 0 aliphatic rings. The molecule has 0 aliphatic carbocycles. The zero-order valence-corrected chi connectivity index (χ0v) is 10.1. The van der Waals surface area contributed by atoms with Crippen molar-refractivity contribution in [3.63, 3.8) is 0 Å². The monoisotopic (exact) mass is 228 g/mol. The van der Waals surface area contributed by atoms with Gasteiger partial charge in [-0.25, -0.2) is 4.99 Å². The van der Waals surface area contributed by atoms with Crippen LogP contribution in [0.3, 0.4) is 0 Å². The van der Waals surface area contributed by atoms with Crippen LogP contribution in [0.25, 0.3) is 17.0 Å². The average molecular weight is 228 g/mol. The van der Waals surface area contributed by atoms with E-state index in [0.29, 0.717) is 0 Å². The molecule has 0 atom stereocenters. The lowest BCUT2D eigenvalue weighted by molar-refractivity contribution is 0.626.